The van der Waals surface area contributed by atoms with Crippen LogP contribution in [0.4, 0.5) is 0 Å². The summed E-state index contributed by atoms with van der Waals surface area (Å²) < 4.78 is 6.14. The third kappa shape index (κ3) is 3.81. The number of alkyl halides is 1. The highest BCUT2D eigenvalue weighted by molar-refractivity contribution is 14.1. The highest BCUT2D eigenvalue weighted by Crippen LogP contribution is 2.17. The van der Waals surface area contributed by atoms with Gasteiger partial charge in [0.2, 0.25) is 0 Å². The Morgan fingerprint density at radius 1 is 1.33 bits per heavy atom. The van der Waals surface area contributed by atoms with E-state index in [1.807, 2.05) is 45.0 Å². The van der Waals surface area contributed by atoms with Crippen molar-refractivity contribution in [2.75, 3.05) is 0 Å². The molecule has 0 radical (unpaired) electrons. The Balaban J connectivity index is 2.91. The molecule has 0 N–H and O–H groups in total. The Hall–Kier alpha value is -0.580. The van der Waals surface area contributed by atoms with E-state index in [-0.39, 0.29) is 5.97 Å². The summed E-state index contributed by atoms with van der Waals surface area (Å²) in [5.41, 5.74) is 1.25. The molecule has 2 nitrogen and oxygen atoms in total. The molecule has 82 valence electrons. The molecule has 0 spiro atoms. The van der Waals surface area contributed by atoms with E-state index in [1.165, 1.54) is 0 Å². The summed E-state index contributed by atoms with van der Waals surface area (Å²) in [4.78, 5) is 11.8. The average Bonchev–Trinajstić information content (AvgIpc) is 2.15. The number of hydrogen-bond donors (Lipinski definition) is 0. The van der Waals surface area contributed by atoms with Gasteiger partial charge in [0.25, 0.3) is 0 Å². The molecule has 0 aliphatic carbocycles. The molecule has 0 saturated carbocycles. The number of esters is 1. The first-order valence-electron chi connectivity index (χ1n) is 4.81. The molecule has 0 aromatic heterocycles. The van der Waals surface area contributed by atoms with Gasteiger partial charge in [0, 0.05) is 4.43 Å². The second-order valence-corrected chi connectivity index (χ2v) is 5.06. The van der Waals surface area contributed by atoms with Crippen LogP contribution < -0.4 is 0 Å². The summed E-state index contributed by atoms with van der Waals surface area (Å²) >= 11 is 2.24. The predicted molar refractivity (Wildman–Crippen MR) is 69.3 cm³/mol. The molecule has 0 bridgehead atoms. The summed E-state index contributed by atoms with van der Waals surface area (Å²) in [5.74, 6) is -0.241. The summed E-state index contributed by atoms with van der Waals surface area (Å²) in [6.45, 7) is 5.62. The molecule has 0 aliphatic rings. The van der Waals surface area contributed by atoms with Crippen LogP contribution in [0, 0.1) is 0 Å². The van der Waals surface area contributed by atoms with E-state index in [4.69, 9.17) is 4.74 Å². The minimum Gasteiger partial charge on any atom is -0.456 e. The summed E-state index contributed by atoms with van der Waals surface area (Å²) in [7, 11) is 0. The zero-order valence-corrected chi connectivity index (χ0v) is 11.4. The molecule has 0 saturated heterocycles. The van der Waals surface area contributed by atoms with Gasteiger partial charge < -0.3 is 4.74 Å². The van der Waals surface area contributed by atoms with Crippen LogP contribution in [0.3, 0.4) is 0 Å². The Bertz CT molecular complexity index is 353. The van der Waals surface area contributed by atoms with Crippen LogP contribution in [0.25, 0.3) is 0 Å². The van der Waals surface area contributed by atoms with E-state index in [9.17, 15) is 4.79 Å². The summed E-state index contributed by atoms with van der Waals surface area (Å²) in [5, 5.41) is 0. The Morgan fingerprint density at radius 2 is 1.93 bits per heavy atom. The Morgan fingerprint density at radius 3 is 2.47 bits per heavy atom. The topological polar surface area (TPSA) is 26.3 Å². The third-order valence-electron chi connectivity index (χ3n) is 1.78. The van der Waals surface area contributed by atoms with Crippen molar-refractivity contribution in [3.63, 3.8) is 0 Å². The molecule has 3 heteroatoms. The molecule has 0 atom stereocenters. The minimum atomic E-state index is -0.435. The van der Waals surface area contributed by atoms with Gasteiger partial charge in [-0.15, -0.1) is 0 Å². The van der Waals surface area contributed by atoms with Crippen molar-refractivity contribution < 1.29 is 9.53 Å². The molecule has 0 fully saturated rings. The van der Waals surface area contributed by atoms with Crippen molar-refractivity contribution in [1.29, 1.82) is 0 Å². The fraction of sp³-hybridized carbons (Fsp3) is 0.417. The molecule has 0 heterocycles. The zero-order valence-electron chi connectivity index (χ0n) is 9.21. The second kappa shape index (κ2) is 4.96. The number of ether oxygens (including phenoxy) is 1. The van der Waals surface area contributed by atoms with Crippen LogP contribution in [0.15, 0.2) is 24.3 Å². The normalized spacial score (nSPS) is 11.2. The van der Waals surface area contributed by atoms with Crippen molar-refractivity contribution in [2.24, 2.45) is 0 Å². The number of carbonyl (C=O) groups excluding carboxylic acids is 1. The SMILES string of the molecule is CC(C)(C)OC(=O)c1ccccc1CI. The number of rotatable bonds is 2. The first-order chi connectivity index (χ1) is 6.94. The van der Waals surface area contributed by atoms with Crippen LogP contribution in [-0.2, 0) is 9.16 Å². The standard InChI is InChI=1S/C12H15IO2/c1-12(2,3)15-11(14)10-7-5-4-6-9(10)8-13/h4-7H,8H2,1-3H3. The Kier molecular flexibility index (Phi) is 4.13. The smallest absolute Gasteiger partial charge is 0.338 e. The second-order valence-electron chi connectivity index (χ2n) is 4.29. The average molecular weight is 318 g/mol. The van der Waals surface area contributed by atoms with E-state index in [0.29, 0.717) is 5.56 Å². The maximum atomic E-state index is 11.8. The van der Waals surface area contributed by atoms with E-state index < -0.39 is 5.60 Å². The van der Waals surface area contributed by atoms with Gasteiger partial charge in [-0.05, 0) is 32.4 Å². The molecule has 1 rings (SSSR count). The first-order valence-corrected chi connectivity index (χ1v) is 6.34. The molecule has 0 aliphatic heterocycles. The Labute approximate surface area is 104 Å². The fourth-order valence-corrected chi connectivity index (χ4v) is 1.83. The van der Waals surface area contributed by atoms with Crippen molar-refractivity contribution in [2.45, 2.75) is 30.8 Å². The van der Waals surface area contributed by atoms with Crippen molar-refractivity contribution in [3.8, 4) is 0 Å². The van der Waals surface area contributed by atoms with Crippen LogP contribution in [0.1, 0.15) is 36.7 Å². The van der Waals surface area contributed by atoms with Gasteiger partial charge in [0.15, 0.2) is 0 Å². The van der Waals surface area contributed by atoms with Gasteiger partial charge in [-0.3, -0.25) is 0 Å². The van der Waals surface area contributed by atoms with Gasteiger partial charge in [0.05, 0.1) is 5.56 Å². The molecular weight excluding hydrogens is 303 g/mol. The summed E-state index contributed by atoms with van der Waals surface area (Å²) in [6, 6.07) is 7.55. The zero-order chi connectivity index (χ0) is 11.5. The van der Waals surface area contributed by atoms with Crippen molar-refractivity contribution in [3.05, 3.63) is 35.4 Å². The van der Waals surface area contributed by atoms with Crippen molar-refractivity contribution in [1.82, 2.24) is 0 Å². The minimum absolute atomic E-state index is 0.241. The van der Waals surface area contributed by atoms with Gasteiger partial charge in [-0.1, -0.05) is 40.8 Å². The fourth-order valence-electron chi connectivity index (χ4n) is 1.17. The van der Waals surface area contributed by atoms with Crippen molar-refractivity contribution >= 4 is 28.6 Å². The first kappa shape index (κ1) is 12.5. The largest absolute Gasteiger partial charge is 0.456 e. The van der Waals surface area contributed by atoms with E-state index >= 15 is 0 Å². The highest BCUT2D eigenvalue weighted by atomic mass is 127. The number of hydrogen-bond acceptors (Lipinski definition) is 2. The molecule has 0 unspecified atom stereocenters. The molecule has 15 heavy (non-hydrogen) atoms. The lowest BCUT2D eigenvalue weighted by Crippen LogP contribution is -2.24. The van der Waals surface area contributed by atoms with Gasteiger partial charge in [-0.2, -0.15) is 0 Å². The van der Waals surface area contributed by atoms with Gasteiger partial charge in [0.1, 0.15) is 5.60 Å². The monoisotopic (exact) mass is 318 g/mol. The van der Waals surface area contributed by atoms with E-state index in [0.717, 1.165) is 9.99 Å². The third-order valence-corrected chi connectivity index (χ3v) is 2.60. The predicted octanol–water partition coefficient (Wildman–Crippen LogP) is 3.58. The van der Waals surface area contributed by atoms with E-state index in [2.05, 4.69) is 22.6 Å². The number of benzene rings is 1. The van der Waals surface area contributed by atoms with Gasteiger partial charge >= 0.3 is 5.97 Å². The number of halogens is 1. The molecule has 0 amide bonds. The summed E-state index contributed by atoms with van der Waals surface area (Å²) in [6.07, 6.45) is 0. The highest BCUT2D eigenvalue weighted by Gasteiger charge is 2.19. The lowest BCUT2D eigenvalue weighted by Gasteiger charge is -2.20. The quantitative estimate of drug-likeness (QED) is 0.473. The maximum absolute atomic E-state index is 11.8. The van der Waals surface area contributed by atoms with Crippen LogP contribution in [0.5, 0.6) is 0 Å². The van der Waals surface area contributed by atoms with Crippen LogP contribution >= 0.6 is 22.6 Å². The van der Waals surface area contributed by atoms with Gasteiger partial charge in [-0.25, -0.2) is 4.79 Å². The van der Waals surface area contributed by atoms with Crippen LogP contribution in [0.2, 0.25) is 0 Å². The van der Waals surface area contributed by atoms with E-state index in [1.54, 1.807) is 0 Å². The molecule has 1 aromatic carbocycles. The molecule has 1 aromatic rings. The lowest BCUT2D eigenvalue weighted by molar-refractivity contribution is 0.00687. The molecular formula is C12H15IO2. The van der Waals surface area contributed by atoms with Crippen LogP contribution in [-0.4, -0.2) is 11.6 Å². The lowest BCUT2D eigenvalue weighted by atomic mass is 10.1. The maximum Gasteiger partial charge on any atom is 0.338 e. The number of carbonyl (C=O) groups is 1.